The molecule has 1 aliphatic heterocycles. The van der Waals surface area contributed by atoms with Gasteiger partial charge in [-0.2, -0.15) is 5.10 Å². The van der Waals surface area contributed by atoms with Gasteiger partial charge in [-0.1, -0.05) is 12.1 Å². The third-order valence-electron chi connectivity index (χ3n) is 3.57. The normalized spacial score (nSPS) is 18.8. The topological polar surface area (TPSA) is 59.0 Å². The summed E-state index contributed by atoms with van der Waals surface area (Å²) < 4.78 is 1.84. The number of amides is 1. The molecule has 0 saturated carbocycles. The summed E-state index contributed by atoms with van der Waals surface area (Å²) in [5, 5.41) is 10.6. The number of carbonyl (C=O) groups is 1. The SMILES string of the molecule is O=C1CCC(NCc2ccc(-n3cccn3)cc2)CN1. The first kappa shape index (κ1) is 12.9. The van der Waals surface area contributed by atoms with Gasteiger partial charge in [0, 0.05) is 37.9 Å². The lowest BCUT2D eigenvalue weighted by atomic mass is 10.1. The van der Waals surface area contributed by atoms with Crippen LogP contribution in [0.4, 0.5) is 0 Å². The van der Waals surface area contributed by atoms with Gasteiger partial charge in [-0.3, -0.25) is 4.79 Å². The highest BCUT2D eigenvalue weighted by Crippen LogP contribution is 2.09. The lowest BCUT2D eigenvalue weighted by Gasteiger charge is -2.23. The molecule has 20 heavy (non-hydrogen) atoms. The average molecular weight is 270 g/mol. The van der Waals surface area contributed by atoms with E-state index < -0.39 is 0 Å². The van der Waals surface area contributed by atoms with Crippen molar-refractivity contribution in [1.82, 2.24) is 20.4 Å². The molecular formula is C15H18N4O. The molecular weight excluding hydrogens is 252 g/mol. The quantitative estimate of drug-likeness (QED) is 0.879. The Balaban J connectivity index is 1.54. The van der Waals surface area contributed by atoms with Gasteiger partial charge < -0.3 is 10.6 Å². The van der Waals surface area contributed by atoms with E-state index in [2.05, 4.69) is 40.0 Å². The maximum atomic E-state index is 11.1. The summed E-state index contributed by atoms with van der Waals surface area (Å²) in [6, 6.07) is 10.6. The summed E-state index contributed by atoms with van der Waals surface area (Å²) in [6.45, 7) is 1.55. The highest BCUT2D eigenvalue weighted by atomic mass is 16.1. The van der Waals surface area contributed by atoms with Crippen LogP contribution in [0.3, 0.4) is 0 Å². The largest absolute Gasteiger partial charge is 0.355 e. The third kappa shape index (κ3) is 3.05. The molecule has 1 unspecified atom stereocenters. The van der Waals surface area contributed by atoms with E-state index in [-0.39, 0.29) is 5.91 Å². The van der Waals surface area contributed by atoms with E-state index in [9.17, 15) is 4.79 Å². The van der Waals surface area contributed by atoms with E-state index in [1.165, 1.54) is 5.56 Å². The summed E-state index contributed by atoms with van der Waals surface area (Å²) in [7, 11) is 0. The first-order chi connectivity index (χ1) is 9.81. The van der Waals surface area contributed by atoms with E-state index in [4.69, 9.17) is 0 Å². The molecule has 1 amide bonds. The Hall–Kier alpha value is -2.14. The molecule has 1 aliphatic rings. The number of aromatic nitrogens is 2. The second-order valence-electron chi connectivity index (χ2n) is 5.04. The summed E-state index contributed by atoms with van der Waals surface area (Å²) in [5.74, 6) is 0.159. The molecule has 5 heteroatoms. The van der Waals surface area contributed by atoms with Gasteiger partial charge in [0.05, 0.1) is 5.69 Å². The van der Waals surface area contributed by atoms with E-state index in [1.54, 1.807) is 6.20 Å². The van der Waals surface area contributed by atoms with Crippen molar-refractivity contribution in [3.63, 3.8) is 0 Å². The Labute approximate surface area is 118 Å². The van der Waals surface area contributed by atoms with Crippen molar-refractivity contribution in [2.45, 2.75) is 25.4 Å². The molecule has 104 valence electrons. The van der Waals surface area contributed by atoms with Crippen molar-refractivity contribution in [2.75, 3.05) is 6.54 Å². The second kappa shape index (κ2) is 5.88. The number of nitrogens with one attached hydrogen (secondary N) is 2. The number of hydrogen-bond donors (Lipinski definition) is 2. The molecule has 1 saturated heterocycles. The van der Waals surface area contributed by atoms with Crippen LogP contribution in [0.2, 0.25) is 0 Å². The predicted octanol–water partition coefficient (Wildman–Crippen LogP) is 1.24. The minimum absolute atomic E-state index is 0.159. The van der Waals surface area contributed by atoms with Crippen LogP contribution in [-0.2, 0) is 11.3 Å². The van der Waals surface area contributed by atoms with Crippen molar-refractivity contribution in [3.8, 4) is 5.69 Å². The van der Waals surface area contributed by atoms with Crippen LogP contribution in [0.15, 0.2) is 42.7 Å². The molecule has 1 aromatic carbocycles. The van der Waals surface area contributed by atoms with E-state index >= 15 is 0 Å². The average Bonchev–Trinajstić information content (AvgIpc) is 3.01. The minimum Gasteiger partial charge on any atom is -0.355 e. The Bertz CT molecular complexity index is 552. The number of piperidine rings is 1. The fourth-order valence-corrected chi connectivity index (χ4v) is 2.36. The molecule has 1 fully saturated rings. The lowest BCUT2D eigenvalue weighted by molar-refractivity contribution is -0.122. The molecule has 0 radical (unpaired) electrons. The van der Waals surface area contributed by atoms with Gasteiger partial charge in [0.1, 0.15) is 0 Å². The van der Waals surface area contributed by atoms with Crippen LogP contribution in [-0.4, -0.2) is 28.3 Å². The molecule has 2 aromatic rings. The summed E-state index contributed by atoms with van der Waals surface area (Å²) in [4.78, 5) is 11.1. The number of rotatable bonds is 4. The van der Waals surface area contributed by atoms with Gasteiger partial charge in [0.25, 0.3) is 0 Å². The number of hydrogen-bond acceptors (Lipinski definition) is 3. The van der Waals surface area contributed by atoms with Crippen molar-refractivity contribution < 1.29 is 4.79 Å². The zero-order chi connectivity index (χ0) is 13.8. The van der Waals surface area contributed by atoms with Crippen molar-refractivity contribution in [3.05, 3.63) is 48.3 Å². The zero-order valence-corrected chi connectivity index (χ0v) is 11.2. The van der Waals surface area contributed by atoms with Crippen LogP contribution in [0.5, 0.6) is 0 Å². The number of benzene rings is 1. The Kier molecular flexibility index (Phi) is 3.78. The van der Waals surface area contributed by atoms with Gasteiger partial charge in [0.2, 0.25) is 5.91 Å². The summed E-state index contributed by atoms with van der Waals surface area (Å²) in [6.07, 6.45) is 5.23. The summed E-state index contributed by atoms with van der Waals surface area (Å²) >= 11 is 0. The zero-order valence-electron chi connectivity index (χ0n) is 11.2. The number of carbonyl (C=O) groups excluding carboxylic acids is 1. The molecule has 1 aromatic heterocycles. The van der Waals surface area contributed by atoms with Crippen LogP contribution in [0.25, 0.3) is 5.69 Å². The van der Waals surface area contributed by atoms with Gasteiger partial charge in [-0.25, -0.2) is 4.68 Å². The molecule has 5 nitrogen and oxygen atoms in total. The van der Waals surface area contributed by atoms with Gasteiger partial charge in [0.15, 0.2) is 0 Å². The van der Waals surface area contributed by atoms with Gasteiger partial charge in [-0.15, -0.1) is 0 Å². The summed E-state index contributed by atoms with van der Waals surface area (Å²) in [5.41, 5.74) is 2.29. The maximum absolute atomic E-state index is 11.1. The highest BCUT2D eigenvalue weighted by Gasteiger charge is 2.16. The van der Waals surface area contributed by atoms with Crippen LogP contribution in [0.1, 0.15) is 18.4 Å². The van der Waals surface area contributed by atoms with Gasteiger partial charge in [-0.05, 0) is 30.2 Å². The maximum Gasteiger partial charge on any atom is 0.220 e. The fourth-order valence-electron chi connectivity index (χ4n) is 2.36. The van der Waals surface area contributed by atoms with Crippen LogP contribution >= 0.6 is 0 Å². The first-order valence-electron chi connectivity index (χ1n) is 6.90. The molecule has 2 N–H and O–H groups in total. The van der Waals surface area contributed by atoms with E-state index in [0.29, 0.717) is 12.5 Å². The fraction of sp³-hybridized carbons (Fsp3) is 0.333. The molecule has 1 atom stereocenters. The molecule has 0 aliphatic carbocycles. The molecule has 2 heterocycles. The van der Waals surface area contributed by atoms with Crippen LogP contribution < -0.4 is 10.6 Å². The highest BCUT2D eigenvalue weighted by molar-refractivity contribution is 5.76. The van der Waals surface area contributed by atoms with Crippen LogP contribution in [0, 0.1) is 0 Å². The molecule has 3 rings (SSSR count). The monoisotopic (exact) mass is 270 g/mol. The first-order valence-corrected chi connectivity index (χ1v) is 6.90. The molecule has 0 bridgehead atoms. The smallest absolute Gasteiger partial charge is 0.220 e. The molecule has 0 spiro atoms. The second-order valence-corrected chi connectivity index (χ2v) is 5.04. The predicted molar refractivity (Wildman–Crippen MR) is 76.4 cm³/mol. The van der Waals surface area contributed by atoms with Gasteiger partial charge >= 0.3 is 0 Å². The lowest BCUT2D eigenvalue weighted by Crippen LogP contribution is -2.45. The van der Waals surface area contributed by atoms with E-state index in [1.807, 2.05) is 16.9 Å². The van der Waals surface area contributed by atoms with Crippen molar-refractivity contribution in [2.24, 2.45) is 0 Å². The Morgan fingerprint density at radius 1 is 1.35 bits per heavy atom. The van der Waals surface area contributed by atoms with Crippen molar-refractivity contribution in [1.29, 1.82) is 0 Å². The Morgan fingerprint density at radius 3 is 2.85 bits per heavy atom. The standard InChI is InChI=1S/C15H18N4O/c20-15-7-4-13(11-17-15)16-10-12-2-5-14(6-3-12)19-9-1-8-18-19/h1-3,5-6,8-9,13,16H,4,7,10-11H2,(H,17,20). The Morgan fingerprint density at radius 2 is 2.20 bits per heavy atom. The number of nitrogens with zero attached hydrogens (tertiary/aromatic N) is 2. The minimum atomic E-state index is 0.159. The van der Waals surface area contributed by atoms with Crippen molar-refractivity contribution >= 4 is 5.91 Å². The third-order valence-corrected chi connectivity index (χ3v) is 3.57. The van der Waals surface area contributed by atoms with E-state index in [0.717, 1.165) is 25.2 Å².